The minimum Gasteiger partial charge on any atom is -0.481 e. The maximum Gasteiger partial charge on any atom is 0.307 e. The van der Waals surface area contributed by atoms with Crippen molar-refractivity contribution in [3.8, 4) is 0 Å². The molecule has 6 nitrogen and oxygen atoms in total. The van der Waals surface area contributed by atoms with E-state index in [9.17, 15) is 13.2 Å². The summed E-state index contributed by atoms with van der Waals surface area (Å²) in [5.74, 6) is -0.957. The van der Waals surface area contributed by atoms with Gasteiger partial charge in [-0.2, -0.15) is 0 Å². The summed E-state index contributed by atoms with van der Waals surface area (Å²) < 4.78 is 26.7. The summed E-state index contributed by atoms with van der Waals surface area (Å²) in [5.41, 5.74) is 1.35. The monoisotopic (exact) mass is 306 g/mol. The minimum atomic E-state index is -3.62. The Hall–Kier alpha value is -2.25. The number of carboxylic acid groups (broad SMARTS) is 1. The second-order valence-corrected chi connectivity index (χ2v) is 6.16. The molecule has 2 aromatic rings. The van der Waals surface area contributed by atoms with Crippen LogP contribution in [-0.2, 0) is 27.8 Å². The number of sulfonamides is 1. The summed E-state index contributed by atoms with van der Waals surface area (Å²) >= 11 is 0. The van der Waals surface area contributed by atoms with Gasteiger partial charge in [0.1, 0.15) is 0 Å². The van der Waals surface area contributed by atoms with Crippen LogP contribution in [0.5, 0.6) is 0 Å². The molecule has 0 spiro atoms. The van der Waals surface area contributed by atoms with Crippen molar-refractivity contribution >= 4 is 16.0 Å². The highest BCUT2D eigenvalue weighted by Gasteiger charge is 2.13. The predicted octanol–water partition coefficient (Wildman–Crippen LogP) is 1.19. The molecule has 21 heavy (non-hydrogen) atoms. The number of nitrogens with one attached hydrogen (secondary N) is 1. The number of aromatic nitrogens is 1. The Morgan fingerprint density at radius 1 is 1.05 bits per heavy atom. The zero-order valence-electron chi connectivity index (χ0n) is 11.1. The Bertz CT molecular complexity index is 712. The molecular formula is C14H14N2O4S. The van der Waals surface area contributed by atoms with Crippen LogP contribution >= 0.6 is 0 Å². The summed E-state index contributed by atoms with van der Waals surface area (Å²) in [7, 11) is -3.62. The molecule has 0 aliphatic heterocycles. The highest BCUT2D eigenvalue weighted by molar-refractivity contribution is 7.89. The summed E-state index contributed by atoms with van der Waals surface area (Å²) in [6.07, 6.45) is 3.04. The fourth-order valence-electron chi connectivity index (χ4n) is 1.72. The van der Waals surface area contributed by atoms with Crippen molar-refractivity contribution in [1.82, 2.24) is 9.71 Å². The van der Waals surface area contributed by atoms with E-state index in [0.29, 0.717) is 5.56 Å². The molecule has 1 heterocycles. The van der Waals surface area contributed by atoms with E-state index in [0.717, 1.165) is 5.56 Å². The maximum atomic E-state index is 12.1. The first-order chi connectivity index (χ1) is 9.97. The zero-order valence-corrected chi connectivity index (χ0v) is 11.9. The molecule has 7 heteroatoms. The van der Waals surface area contributed by atoms with E-state index in [1.165, 1.54) is 24.3 Å². The van der Waals surface area contributed by atoms with Crippen molar-refractivity contribution in [2.75, 3.05) is 0 Å². The Morgan fingerprint density at radius 2 is 1.67 bits per heavy atom. The molecular weight excluding hydrogens is 292 g/mol. The molecule has 0 bridgehead atoms. The average Bonchev–Trinajstić information content (AvgIpc) is 2.46. The molecule has 0 radical (unpaired) electrons. The number of hydrogen-bond donors (Lipinski definition) is 2. The van der Waals surface area contributed by atoms with Crippen LogP contribution in [0, 0.1) is 0 Å². The Kier molecular flexibility index (Phi) is 4.66. The summed E-state index contributed by atoms with van der Waals surface area (Å²) in [5, 5.41) is 8.67. The third-order valence-electron chi connectivity index (χ3n) is 2.80. The first-order valence-electron chi connectivity index (χ1n) is 6.17. The number of pyridine rings is 1. The lowest BCUT2D eigenvalue weighted by Crippen LogP contribution is -2.23. The molecule has 0 atom stereocenters. The van der Waals surface area contributed by atoms with Gasteiger partial charge in [-0.3, -0.25) is 9.78 Å². The quantitative estimate of drug-likeness (QED) is 0.835. The normalized spacial score (nSPS) is 11.2. The number of carboxylic acids is 1. The Morgan fingerprint density at radius 3 is 2.24 bits per heavy atom. The van der Waals surface area contributed by atoms with E-state index in [-0.39, 0.29) is 17.9 Å². The number of nitrogens with zero attached hydrogens (tertiary/aromatic N) is 1. The molecule has 1 aromatic carbocycles. The van der Waals surface area contributed by atoms with Gasteiger partial charge in [0.15, 0.2) is 0 Å². The molecule has 2 rings (SSSR count). The highest BCUT2D eigenvalue weighted by Crippen LogP contribution is 2.11. The maximum absolute atomic E-state index is 12.1. The third-order valence-corrected chi connectivity index (χ3v) is 4.22. The van der Waals surface area contributed by atoms with Crippen LogP contribution in [-0.4, -0.2) is 24.5 Å². The van der Waals surface area contributed by atoms with Gasteiger partial charge in [-0.15, -0.1) is 0 Å². The molecule has 0 unspecified atom stereocenters. The average molecular weight is 306 g/mol. The minimum absolute atomic E-state index is 0.102. The molecule has 0 saturated heterocycles. The van der Waals surface area contributed by atoms with Gasteiger partial charge in [-0.05, 0) is 35.4 Å². The van der Waals surface area contributed by atoms with Gasteiger partial charge in [0.2, 0.25) is 10.0 Å². The van der Waals surface area contributed by atoms with Crippen LogP contribution in [0.4, 0.5) is 0 Å². The SMILES string of the molecule is O=C(O)Cc1ccc(S(=O)(=O)NCc2ccncc2)cc1. The second-order valence-electron chi connectivity index (χ2n) is 4.39. The van der Waals surface area contributed by atoms with E-state index in [2.05, 4.69) is 9.71 Å². The third kappa shape index (κ3) is 4.37. The van der Waals surface area contributed by atoms with E-state index in [4.69, 9.17) is 5.11 Å². The predicted molar refractivity (Wildman–Crippen MR) is 76.0 cm³/mol. The molecule has 0 saturated carbocycles. The standard InChI is InChI=1S/C14H14N2O4S/c17-14(18)9-11-1-3-13(4-2-11)21(19,20)16-10-12-5-7-15-8-6-12/h1-8,16H,9-10H2,(H,17,18). The van der Waals surface area contributed by atoms with Crippen molar-refractivity contribution in [3.05, 3.63) is 59.9 Å². The van der Waals surface area contributed by atoms with Gasteiger partial charge in [0.05, 0.1) is 11.3 Å². The van der Waals surface area contributed by atoms with E-state index >= 15 is 0 Å². The highest BCUT2D eigenvalue weighted by atomic mass is 32.2. The fourth-order valence-corrected chi connectivity index (χ4v) is 2.74. The van der Waals surface area contributed by atoms with Gasteiger partial charge < -0.3 is 5.11 Å². The van der Waals surface area contributed by atoms with Crippen LogP contribution in [0.1, 0.15) is 11.1 Å². The van der Waals surface area contributed by atoms with E-state index < -0.39 is 16.0 Å². The molecule has 110 valence electrons. The summed E-state index contributed by atoms with van der Waals surface area (Å²) in [6.45, 7) is 0.168. The summed E-state index contributed by atoms with van der Waals surface area (Å²) in [6, 6.07) is 9.22. The van der Waals surface area contributed by atoms with E-state index in [1.807, 2.05) is 0 Å². The topological polar surface area (TPSA) is 96.4 Å². The molecule has 0 aliphatic carbocycles. The smallest absolute Gasteiger partial charge is 0.307 e. The number of benzene rings is 1. The zero-order chi connectivity index (χ0) is 15.3. The van der Waals surface area contributed by atoms with E-state index in [1.54, 1.807) is 24.5 Å². The van der Waals surface area contributed by atoms with Crippen molar-refractivity contribution in [3.63, 3.8) is 0 Å². The fraction of sp³-hybridized carbons (Fsp3) is 0.143. The Labute approximate surface area is 122 Å². The van der Waals surface area contributed by atoms with Gasteiger partial charge >= 0.3 is 5.97 Å². The largest absolute Gasteiger partial charge is 0.481 e. The van der Waals surface area contributed by atoms with Crippen LogP contribution in [0.15, 0.2) is 53.7 Å². The van der Waals surface area contributed by atoms with Gasteiger partial charge in [-0.1, -0.05) is 12.1 Å². The first-order valence-corrected chi connectivity index (χ1v) is 7.65. The number of aliphatic carboxylic acids is 1. The lowest BCUT2D eigenvalue weighted by Gasteiger charge is -2.07. The molecule has 0 fully saturated rings. The van der Waals surface area contributed by atoms with Crippen molar-refractivity contribution < 1.29 is 18.3 Å². The van der Waals surface area contributed by atoms with Gasteiger partial charge in [-0.25, -0.2) is 13.1 Å². The van der Waals surface area contributed by atoms with Crippen LogP contribution in [0.3, 0.4) is 0 Å². The molecule has 0 amide bonds. The number of hydrogen-bond acceptors (Lipinski definition) is 4. The van der Waals surface area contributed by atoms with Crippen LogP contribution < -0.4 is 4.72 Å². The lowest BCUT2D eigenvalue weighted by molar-refractivity contribution is -0.136. The number of carbonyl (C=O) groups is 1. The van der Waals surface area contributed by atoms with Crippen molar-refractivity contribution in [2.45, 2.75) is 17.9 Å². The van der Waals surface area contributed by atoms with Crippen molar-refractivity contribution in [1.29, 1.82) is 0 Å². The number of rotatable bonds is 6. The molecule has 1 aromatic heterocycles. The molecule has 0 aliphatic rings. The van der Waals surface area contributed by atoms with Gasteiger partial charge in [0, 0.05) is 18.9 Å². The van der Waals surface area contributed by atoms with Crippen molar-refractivity contribution in [2.24, 2.45) is 0 Å². The molecule has 2 N–H and O–H groups in total. The first kappa shape index (κ1) is 15.1. The van der Waals surface area contributed by atoms with Crippen LogP contribution in [0.2, 0.25) is 0 Å². The summed E-state index contributed by atoms with van der Waals surface area (Å²) in [4.78, 5) is 14.5. The Balaban J connectivity index is 2.07. The van der Waals surface area contributed by atoms with Gasteiger partial charge in [0.25, 0.3) is 0 Å². The second kappa shape index (κ2) is 6.47. The lowest BCUT2D eigenvalue weighted by atomic mass is 10.2. The van der Waals surface area contributed by atoms with Crippen LogP contribution in [0.25, 0.3) is 0 Å².